The second-order valence-electron chi connectivity index (χ2n) is 8.48. The first-order valence-electron chi connectivity index (χ1n) is 10.9. The molecular weight excluding hydrogens is 444 g/mol. The zero-order chi connectivity index (χ0) is 23.8. The van der Waals surface area contributed by atoms with Crippen molar-refractivity contribution in [3.63, 3.8) is 0 Å². The van der Waals surface area contributed by atoms with Crippen molar-refractivity contribution >= 4 is 33.0 Å². The SMILES string of the molecule is COc1ccc(NC(=O)C[C@H](C)S(=O)(=O)c2ccc3c(c2)CCN3C(=O)C2CC2)c(OC)c1. The van der Waals surface area contributed by atoms with Crippen molar-refractivity contribution in [3.8, 4) is 11.5 Å². The summed E-state index contributed by atoms with van der Waals surface area (Å²) in [6.07, 6.45) is 2.28. The number of carbonyl (C=O) groups is 2. The molecular formula is C24H28N2O6S. The van der Waals surface area contributed by atoms with E-state index in [0.29, 0.717) is 30.2 Å². The zero-order valence-corrected chi connectivity index (χ0v) is 19.8. The second kappa shape index (κ2) is 9.05. The number of hydrogen-bond donors (Lipinski definition) is 1. The molecule has 0 spiro atoms. The number of nitrogens with one attached hydrogen (secondary N) is 1. The van der Waals surface area contributed by atoms with Gasteiger partial charge in [-0.15, -0.1) is 0 Å². The van der Waals surface area contributed by atoms with Crippen LogP contribution in [0.15, 0.2) is 41.3 Å². The molecule has 1 saturated carbocycles. The summed E-state index contributed by atoms with van der Waals surface area (Å²) in [4.78, 5) is 27.0. The van der Waals surface area contributed by atoms with Crippen molar-refractivity contribution in [2.75, 3.05) is 31.0 Å². The van der Waals surface area contributed by atoms with Gasteiger partial charge < -0.3 is 19.7 Å². The van der Waals surface area contributed by atoms with E-state index in [-0.39, 0.29) is 23.1 Å². The molecule has 33 heavy (non-hydrogen) atoms. The number of hydrogen-bond acceptors (Lipinski definition) is 6. The fourth-order valence-corrected chi connectivity index (χ4v) is 5.44. The van der Waals surface area contributed by atoms with Crippen LogP contribution in [0.25, 0.3) is 0 Å². The van der Waals surface area contributed by atoms with Crippen molar-refractivity contribution in [1.29, 1.82) is 0 Å². The highest BCUT2D eigenvalue weighted by atomic mass is 32.2. The summed E-state index contributed by atoms with van der Waals surface area (Å²) in [5, 5.41) is 1.79. The Labute approximate surface area is 193 Å². The molecule has 0 unspecified atom stereocenters. The summed E-state index contributed by atoms with van der Waals surface area (Å²) in [5.74, 6) is 0.805. The number of ether oxygens (including phenoxy) is 2. The number of carbonyl (C=O) groups excluding carboxylic acids is 2. The molecule has 1 aliphatic heterocycles. The van der Waals surface area contributed by atoms with Gasteiger partial charge in [0.15, 0.2) is 9.84 Å². The van der Waals surface area contributed by atoms with E-state index >= 15 is 0 Å². The molecule has 2 aliphatic rings. The Bertz CT molecular complexity index is 1190. The Morgan fingerprint density at radius 1 is 1.12 bits per heavy atom. The normalized spacial score (nSPS) is 16.2. The van der Waals surface area contributed by atoms with Crippen LogP contribution in [0.4, 0.5) is 11.4 Å². The summed E-state index contributed by atoms with van der Waals surface area (Å²) in [5.41, 5.74) is 2.08. The van der Waals surface area contributed by atoms with Crippen LogP contribution in [0.5, 0.6) is 11.5 Å². The van der Waals surface area contributed by atoms with Gasteiger partial charge in [-0.1, -0.05) is 0 Å². The minimum Gasteiger partial charge on any atom is -0.497 e. The molecule has 1 N–H and O–H groups in total. The highest BCUT2D eigenvalue weighted by Gasteiger charge is 2.37. The van der Waals surface area contributed by atoms with E-state index in [9.17, 15) is 18.0 Å². The quantitative estimate of drug-likeness (QED) is 0.633. The van der Waals surface area contributed by atoms with E-state index in [4.69, 9.17) is 9.47 Å². The molecule has 0 bridgehead atoms. The molecule has 0 saturated heterocycles. The van der Waals surface area contributed by atoms with Crippen LogP contribution in [-0.2, 0) is 25.8 Å². The van der Waals surface area contributed by atoms with Gasteiger partial charge in [0.05, 0.1) is 30.1 Å². The van der Waals surface area contributed by atoms with E-state index in [1.165, 1.54) is 27.2 Å². The molecule has 2 aromatic carbocycles. The van der Waals surface area contributed by atoms with Crippen LogP contribution in [-0.4, -0.2) is 46.2 Å². The minimum atomic E-state index is -3.73. The molecule has 1 fully saturated rings. The Hall–Kier alpha value is -3.07. The van der Waals surface area contributed by atoms with Crippen molar-refractivity contribution in [2.24, 2.45) is 5.92 Å². The number of methoxy groups -OCH3 is 2. The standard InChI is InChI=1S/C24H28N2O6S/c1-15(12-23(27)25-20-8-6-18(31-2)14-22(20)32-3)33(29,30)19-7-9-21-17(13-19)10-11-26(21)24(28)16-4-5-16/h6-9,13-16H,4-5,10-12H2,1-3H3,(H,25,27)/t15-/m0/s1. The molecule has 1 aliphatic carbocycles. The lowest BCUT2D eigenvalue weighted by Crippen LogP contribution is -2.30. The van der Waals surface area contributed by atoms with Crippen molar-refractivity contribution in [1.82, 2.24) is 0 Å². The van der Waals surface area contributed by atoms with E-state index in [0.717, 1.165) is 24.1 Å². The predicted octanol–water partition coefficient (Wildman–Crippen LogP) is 3.19. The first-order valence-corrected chi connectivity index (χ1v) is 12.5. The first kappa shape index (κ1) is 23.1. The Morgan fingerprint density at radius 3 is 2.55 bits per heavy atom. The van der Waals surface area contributed by atoms with Gasteiger partial charge in [-0.05, 0) is 62.1 Å². The third kappa shape index (κ3) is 4.68. The highest BCUT2D eigenvalue weighted by molar-refractivity contribution is 7.92. The summed E-state index contributed by atoms with van der Waals surface area (Å²) in [7, 11) is -0.726. The average molecular weight is 473 g/mol. The van der Waals surface area contributed by atoms with Crippen molar-refractivity contribution < 1.29 is 27.5 Å². The maximum atomic E-state index is 13.2. The van der Waals surface area contributed by atoms with Gasteiger partial charge in [-0.3, -0.25) is 9.59 Å². The smallest absolute Gasteiger partial charge is 0.230 e. The average Bonchev–Trinajstić information content (AvgIpc) is 3.57. The van der Waals surface area contributed by atoms with Gasteiger partial charge in [0.1, 0.15) is 11.5 Å². The van der Waals surface area contributed by atoms with Crippen molar-refractivity contribution in [2.45, 2.75) is 42.8 Å². The lowest BCUT2D eigenvalue weighted by molar-refractivity contribution is -0.119. The van der Waals surface area contributed by atoms with Gasteiger partial charge in [-0.2, -0.15) is 0 Å². The molecule has 8 nitrogen and oxygen atoms in total. The number of sulfone groups is 1. The van der Waals surface area contributed by atoms with E-state index in [1.54, 1.807) is 35.2 Å². The number of amides is 2. The van der Waals surface area contributed by atoms with Gasteiger partial charge in [-0.25, -0.2) is 8.42 Å². The molecule has 1 atom stereocenters. The number of benzene rings is 2. The Balaban J connectivity index is 1.45. The Kier molecular flexibility index (Phi) is 6.34. The second-order valence-corrected chi connectivity index (χ2v) is 10.8. The number of nitrogens with zero attached hydrogens (tertiary/aromatic N) is 1. The van der Waals surface area contributed by atoms with Gasteiger partial charge >= 0.3 is 0 Å². The van der Waals surface area contributed by atoms with Gasteiger partial charge in [0.2, 0.25) is 11.8 Å². The molecule has 1 heterocycles. The number of fused-ring (bicyclic) bond motifs is 1. The zero-order valence-electron chi connectivity index (χ0n) is 19.0. The fraction of sp³-hybridized carbons (Fsp3) is 0.417. The first-order chi connectivity index (χ1) is 15.7. The molecule has 9 heteroatoms. The maximum Gasteiger partial charge on any atom is 0.230 e. The van der Waals surface area contributed by atoms with E-state index in [1.807, 2.05) is 0 Å². The van der Waals surface area contributed by atoms with Crippen LogP contribution in [0, 0.1) is 5.92 Å². The third-order valence-electron chi connectivity index (χ3n) is 6.15. The number of anilines is 2. The molecule has 2 aromatic rings. The molecule has 176 valence electrons. The summed E-state index contributed by atoms with van der Waals surface area (Å²) < 4.78 is 36.7. The van der Waals surface area contributed by atoms with Gasteiger partial charge in [0, 0.05) is 30.6 Å². The van der Waals surface area contributed by atoms with Crippen molar-refractivity contribution in [3.05, 3.63) is 42.0 Å². The summed E-state index contributed by atoms with van der Waals surface area (Å²) in [6.45, 7) is 2.10. The minimum absolute atomic E-state index is 0.113. The van der Waals surface area contributed by atoms with E-state index in [2.05, 4.69) is 5.32 Å². The Morgan fingerprint density at radius 2 is 1.88 bits per heavy atom. The maximum absolute atomic E-state index is 13.2. The molecule has 0 radical (unpaired) electrons. The highest BCUT2D eigenvalue weighted by Crippen LogP contribution is 2.37. The predicted molar refractivity (Wildman–Crippen MR) is 125 cm³/mol. The van der Waals surface area contributed by atoms with Crippen LogP contribution in [0.1, 0.15) is 31.7 Å². The van der Waals surface area contributed by atoms with Crippen LogP contribution < -0.4 is 19.7 Å². The largest absolute Gasteiger partial charge is 0.497 e. The summed E-state index contributed by atoms with van der Waals surface area (Å²) >= 11 is 0. The molecule has 4 rings (SSSR count). The molecule has 0 aromatic heterocycles. The van der Waals surface area contributed by atoms with Gasteiger partial charge in [0.25, 0.3) is 0 Å². The molecule has 2 amide bonds. The van der Waals surface area contributed by atoms with Crippen LogP contribution >= 0.6 is 0 Å². The van der Waals surface area contributed by atoms with E-state index < -0.39 is 21.0 Å². The van der Waals surface area contributed by atoms with Crippen LogP contribution in [0.3, 0.4) is 0 Å². The van der Waals surface area contributed by atoms with Crippen LogP contribution in [0.2, 0.25) is 0 Å². The lowest BCUT2D eigenvalue weighted by atomic mass is 10.2. The summed E-state index contributed by atoms with van der Waals surface area (Å²) in [6, 6.07) is 9.85. The fourth-order valence-electron chi connectivity index (χ4n) is 4.04. The topological polar surface area (TPSA) is 102 Å². The lowest BCUT2D eigenvalue weighted by Gasteiger charge is -2.18. The number of rotatable bonds is 8. The monoisotopic (exact) mass is 472 g/mol. The third-order valence-corrected chi connectivity index (χ3v) is 8.29.